The first-order chi connectivity index (χ1) is 13.2. The van der Waals surface area contributed by atoms with Gasteiger partial charge in [0.15, 0.2) is 5.03 Å². The Hall–Kier alpha value is -3.06. The average molecular weight is 398 g/mol. The second-order valence-corrected chi connectivity index (χ2v) is 8.45. The van der Waals surface area contributed by atoms with Gasteiger partial charge in [-0.15, -0.1) is 0 Å². The van der Waals surface area contributed by atoms with Gasteiger partial charge in [-0.1, -0.05) is 12.1 Å². The first-order valence-electron chi connectivity index (χ1n) is 8.54. The molecular formula is C21H19FN2O3S. The van der Waals surface area contributed by atoms with Gasteiger partial charge in [0.25, 0.3) is 5.91 Å². The molecule has 5 nitrogen and oxygen atoms in total. The molecule has 28 heavy (non-hydrogen) atoms. The summed E-state index contributed by atoms with van der Waals surface area (Å²) in [5.74, 6) is -0.934. The van der Waals surface area contributed by atoms with E-state index in [0.717, 1.165) is 11.1 Å². The third-order valence-electron chi connectivity index (χ3n) is 4.49. The monoisotopic (exact) mass is 398 g/mol. The summed E-state index contributed by atoms with van der Waals surface area (Å²) in [7, 11) is -3.78. The molecule has 0 aliphatic heterocycles. The number of aromatic nitrogens is 1. The predicted octanol–water partition coefficient (Wildman–Crippen LogP) is 4.23. The zero-order chi connectivity index (χ0) is 20.5. The molecule has 1 N–H and O–H groups in total. The molecule has 0 radical (unpaired) electrons. The van der Waals surface area contributed by atoms with Gasteiger partial charge in [0.2, 0.25) is 9.84 Å². The molecule has 0 fully saturated rings. The third kappa shape index (κ3) is 3.94. The van der Waals surface area contributed by atoms with Gasteiger partial charge in [-0.25, -0.2) is 17.8 Å². The Morgan fingerprint density at radius 1 is 0.929 bits per heavy atom. The van der Waals surface area contributed by atoms with Crippen LogP contribution in [0.3, 0.4) is 0 Å². The van der Waals surface area contributed by atoms with Crippen molar-refractivity contribution in [1.82, 2.24) is 4.98 Å². The van der Waals surface area contributed by atoms with E-state index in [1.807, 2.05) is 13.8 Å². The molecule has 0 unspecified atom stereocenters. The van der Waals surface area contributed by atoms with Crippen LogP contribution in [0.25, 0.3) is 0 Å². The smallest absolute Gasteiger partial charge is 0.257 e. The van der Waals surface area contributed by atoms with Crippen molar-refractivity contribution in [2.75, 3.05) is 5.32 Å². The number of nitrogens with zero attached hydrogens (tertiary/aromatic N) is 1. The zero-order valence-corrected chi connectivity index (χ0v) is 16.5. The quantitative estimate of drug-likeness (QED) is 0.714. The highest BCUT2D eigenvalue weighted by atomic mass is 32.2. The Kier molecular flexibility index (Phi) is 5.29. The minimum Gasteiger partial charge on any atom is -0.322 e. The maximum Gasteiger partial charge on any atom is 0.257 e. The summed E-state index contributed by atoms with van der Waals surface area (Å²) in [6, 6.07) is 11.9. The summed E-state index contributed by atoms with van der Waals surface area (Å²) < 4.78 is 39.1. The molecule has 0 atom stereocenters. The van der Waals surface area contributed by atoms with Crippen molar-refractivity contribution in [1.29, 1.82) is 0 Å². The molecule has 7 heteroatoms. The van der Waals surface area contributed by atoms with Gasteiger partial charge in [-0.05, 0) is 73.9 Å². The summed E-state index contributed by atoms with van der Waals surface area (Å²) in [5.41, 5.74) is 2.80. The van der Waals surface area contributed by atoms with Crippen molar-refractivity contribution in [3.05, 3.63) is 82.8 Å². The van der Waals surface area contributed by atoms with Gasteiger partial charge in [0, 0.05) is 11.9 Å². The molecule has 0 aliphatic carbocycles. The summed E-state index contributed by atoms with van der Waals surface area (Å²) >= 11 is 0. The molecule has 0 aliphatic rings. The second kappa shape index (κ2) is 7.52. The lowest BCUT2D eigenvalue weighted by molar-refractivity contribution is 0.102. The van der Waals surface area contributed by atoms with E-state index in [-0.39, 0.29) is 15.5 Å². The fourth-order valence-corrected chi connectivity index (χ4v) is 3.81. The van der Waals surface area contributed by atoms with E-state index >= 15 is 0 Å². The number of sulfone groups is 1. The minimum absolute atomic E-state index is 0.145. The Bertz CT molecular complexity index is 1160. The maximum absolute atomic E-state index is 13.6. The Morgan fingerprint density at radius 3 is 2.25 bits per heavy atom. The lowest BCUT2D eigenvalue weighted by Crippen LogP contribution is -2.13. The van der Waals surface area contributed by atoms with E-state index in [2.05, 4.69) is 10.3 Å². The average Bonchev–Trinajstić information content (AvgIpc) is 2.67. The molecule has 1 heterocycles. The van der Waals surface area contributed by atoms with E-state index in [4.69, 9.17) is 0 Å². The van der Waals surface area contributed by atoms with Crippen molar-refractivity contribution in [3.8, 4) is 0 Å². The number of carbonyl (C=O) groups excluding carboxylic acids is 1. The first kappa shape index (κ1) is 19.7. The third-order valence-corrected chi connectivity index (χ3v) is 6.16. The van der Waals surface area contributed by atoms with Crippen LogP contribution in [0.15, 0.2) is 64.6 Å². The molecule has 0 bridgehead atoms. The van der Waals surface area contributed by atoms with Crippen LogP contribution < -0.4 is 5.32 Å². The van der Waals surface area contributed by atoms with E-state index < -0.39 is 21.6 Å². The van der Waals surface area contributed by atoms with E-state index in [1.54, 1.807) is 31.2 Å². The fourth-order valence-electron chi connectivity index (χ4n) is 2.55. The van der Waals surface area contributed by atoms with Gasteiger partial charge in [0.05, 0.1) is 10.5 Å². The lowest BCUT2D eigenvalue weighted by Gasteiger charge is -2.08. The van der Waals surface area contributed by atoms with E-state index in [1.165, 1.54) is 30.5 Å². The Labute approximate surface area is 163 Å². The van der Waals surface area contributed by atoms with Crippen LogP contribution in [0.1, 0.15) is 27.0 Å². The number of amides is 1. The van der Waals surface area contributed by atoms with Crippen LogP contribution in [0.4, 0.5) is 10.1 Å². The summed E-state index contributed by atoms with van der Waals surface area (Å²) in [6.07, 6.45) is 1.19. The molecule has 0 saturated heterocycles. The number of aryl methyl sites for hydroxylation is 3. The van der Waals surface area contributed by atoms with Gasteiger partial charge < -0.3 is 5.32 Å². The number of rotatable bonds is 4. The minimum atomic E-state index is -3.78. The number of carbonyl (C=O) groups is 1. The SMILES string of the molecule is Cc1ccc(S(=O)(=O)c2ccc(C(=O)Nc3ccc(C)c(F)c3)cn2)cc1C. The molecule has 1 amide bonds. The number of nitrogens with one attached hydrogen (secondary N) is 1. The topological polar surface area (TPSA) is 76.1 Å². The number of benzene rings is 2. The van der Waals surface area contributed by atoms with Crippen LogP contribution in [0.2, 0.25) is 0 Å². The normalized spacial score (nSPS) is 11.3. The maximum atomic E-state index is 13.6. The molecule has 0 saturated carbocycles. The van der Waals surface area contributed by atoms with E-state index in [0.29, 0.717) is 11.3 Å². The van der Waals surface area contributed by atoms with Gasteiger partial charge >= 0.3 is 0 Å². The highest BCUT2D eigenvalue weighted by Gasteiger charge is 2.20. The van der Waals surface area contributed by atoms with E-state index in [9.17, 15) is 17.6 Å². The second-order valence-electron chi connectivity index (χ2n) is 6.55. The van der Waals surface area contributed by atoms with Gasteiger partial charge in [-0.3, -0.25) is 4.79 Å². The molecule has 1 aromatic heterocycles. The first-order valence-corrected chi connectivity index (χ1v) is 10.0. The zero-order valence-electron chi connectivity index (χ0n) is 15.7. The Morgan fingerprint density at radius 2 is 1.64 bits per heavy atom. The standard InChI is InChI=1S/C21H19FN2O3S/c1-13-5-8-18(10-15(13)3)28(26,27)20-9-6-16(12-23-20)21(25)24-17-7-4-14(2)19(22)11-17/h4-12H,1-3H3,(H,24,25). The predicted molar refractivity (Wildman–Crippen MR) is 105 cm³/mol. The van der Waals surface area contributed by atoms with Gasteiger partial charge in [-0.2, -0.15) is 0 Å². The molecule has 3 aromatic rings. The number of pyridine rings is 1. The van der Waals surface area contributed by atoms with Crippen LogP contribution in [0.5, 0.6) is 0 Å². The van der Waals surface area contributed by atoms with Crippen LogP contribution in [-0.4, -0.2) is 19.3 Å². The summed E-state index contributed by atoms with van der Waals surface area (Å²) in [6.45, 7) is 5.36. The number of hydrogen-bond donors (Lipinski definition) is 1. The van der Waals surface area contributed by atoms with Crippen LogP contribution in [0, 0.1) is 26.6 Å². The summed E-state index contributed by atoms with van der Waals surface area (Å²) in [5, 5.41) is 2.42. The number of halogens is 1. The highest BCUT2D eigenvalue weighted by molar-refractivity contribution is 7.91. The molecular weight excluding hydrogens is 379 g/mol. The molecule has 3 rings (SSSR count). The highest BCUT2D eigenvalue weighted by Crippen LogP contribution is 2.22. The van der Waals surface area contributed by atoms with Crippen molar-refractivity contribution in [2.45, 2.75) is 30.7 Å². The van der Waals surface area contributed by atoms with Crippen molar-refractivity contribution in [3.63, 3.8) is 0 Å². The molecule has 2 aromatic carbocycles. The Balaban J connectivity index is 1.83. The largest absolute Gasteiger partial charge is 0.322 e. The number of anilines is 1. The summed E-state index contributed by atoms with van der Waals surface area (Å²) in [4.78, 5) is 16.4. The van der Waals surface area contributed by atoms with Crippen molar-refractivity contribution >= 4 is 21.4 Å². The lowest BCUT2D eigenvalue weighted by atomic mass is 10.1. The van der Waals surface area contributed by atoms with Gasteiger partial charge in [0.1, 0.15) is 5.82 Å². The van der Waals surface area contributed by atoms with Crippen LogP contribution in [-0.2, 0) is 9.84 Å². The number of hydrogen-bond acceptors (Lipinski definition) is 4. The van der Waals surface area contributed by atoms with Crippen molar-refractivity contribution < 1.29 is 17.6 Å². The van der Waals surface area contributed by atoms with Crippen molar-refractivity contribution in [2.24, 2.45) is 0 Å². The fraction of sp³-hybridized carbons (Fsp3) is 0.143. The molecule has 144 valence electrons. The molecule has 0 spiro atoms. The van der Waals surface area contributed by atoms with Crippen LogP contribution >= 0.6 is 0 Å².